The van der Waals surface area contributed by atoms with Crippen molar-refractivity contribution in [3.63, 3.8) is 0 Å². The SMILES string of the molecule is COc1ccc(Cl)cc1Nc1ccc(C(=O)N(C)Cc2ccccc2)nc1. The second-order valence-electron chi connectivity index (χ2n) is 6.05. The maximum Gasteiger partial charge on any atom is 0.272 e. The van der Waals surface area contributed by atoms with E-state index in [1.165, 1.54) is 0 Å². The Balaban J connectivity index is 1.70. The van der Waals surface area contributed by atoms with Gasteiger partial charge in [0.15, 0.2) is 0 Å². The quantitative estimate of drug-likeness (QED) is 0.668. The Morgan fingerprint density at radius 2 is 1.93 bits per heavy atom. The molecule has 3 aromatic rings. The third-order valence-corrected chi connectivity index (χ3v) is 4.27. The Kier molecular flexibility index (Phi) is 5.94. The summed E-state index contributed by atoms with van der Waals surface area (Å²) in [5.74, 6) is 0.535. The van der Waals surface area contributed by atoms with E-state index in [-0.39, 0.29) is 5.91 Å². The van der Waals surface area contributed by atoms with Gasteiger partial charge in [0, 0.05) is 18.6 Å². The first-order valence-corrected chi connectivity index (χ1v) is 8.80. The number of hydrogen-bond donors (Lipinski definition) is 1. The number of nitrogens with one attached hydrogen (secondary N) is 1. The third kappa shape index (κ3) is 4.77. The van der Waals surface area contributed by atoms with Crippen molar-refractivity contribution < 1.29 is 9.53 Å². The first kappa shape index (κ1) is 18.7. The average molecular weight is 382 g/mol. The zero-order valence-corrected chi connectivity index (χ0v) is 15.9. The molecule has 0 unspecified atom stereocenters. The van der Waals surface area contributed by atoms with E-state index in [0.717, 1.165) is 16.9 Å². The molecule has 0 saturated heterocycles. The zero-order chi connectivity index (χ0) is 19.2. The number of aromatic nitrogens is 1. The van der Waals surface area contributed by atoms with Gasteiger partial charge < -0.3 is 15.0 Å². The molecule has 0 aliphatic rings. The van der Waals surface area contributed by atoms with Gasteiger partial charge >= 0.3 is 0 Å². The Labute approximate surface area is 163 Å². The van der Waals surface area contributed by atoms with Crippen LogP contribution in [0.15, 0.2) is 66.9 Å². The molecular formula is C21H20ClN3O2. The molecule has 5 nitrogen and oxygen atoms in total. The van der Waals surface area contributed by atoms with Crippen LogP contribution in [0, 0.1) is 0 Å². The highest BCUT2D eigenvalue weighted by atomic mass is 35.5. The molecule has 1 N–H and O–H groups in total. The minimum absolute atomic E-state index is 0.134. The number of methoxy groups -OCH3 is 1. The predicted octanol–water partition coefficient (Wildman–Crippen LogP) is 4.76. The van der Waals surface area contributed by atoms with Gasteiger partial charge in [-0.3, -0.25) is 4.79 Å². The van der Waals surface area contributed by atoms with Gasteiger partial charge in [-0.25, -0.2) is 4.98 Å². The van der Waals surface area contributed by atoms with Crippen LogP contribution in [0.3, 0.4) is 0 Å². The second-order valence-corrected chi connectivity index (χ2v) is 6.48. The summed E-state index contributed by atoms with van der Waals surface area (Å²) >= 11 is 6.05. The topological polar surface area (TPSA) is 54.5 Å². The molecule has 6 heteroatoms. The lowest BCUT2D eigenvalue weighted by atomic mass is 10.2. The van der Waals surface area contributed by atoms with Gasteiger partial charge in [0.05, 0.1) is 24.7 Å². The monoisotopic (exact) mass is 381 g/mol. The van der Waals surface area contributed by atoms with Crippen LogP contribution in [0.2, 0.25) is 5.02 Å². The Morgan fingerprint density at radius 3 is 2.59 bits per heavy atom. The molecule has 0 aliphatic carbocycles. The number of nitrogens with zero attached hydrogens (tertiary/aromatic N) is 2. The number of halogens is 1. The number of pyridine rings is 1. The number of ether oxygens (including phenoxy) is 1. The van der Waals surface area contributed by atoms with Crippen LogP contribution in [0.4, 0.5) is 11.4 Å². The Hall–Kier alpha value is -3.05. The summed E-state index contributed by atoms with van der Waals surface area (Å²) in [5.41, 5.74) is 2.92. The highest BCUT2D eigenvalue weighted by Crippen LogP contribution is 2.30. The molecule has 0 fully saturated rings. The molecule has 2 aromatic carbocycles. The minimum atomic E-state index is -0.134. The Morgan fingerprint density at radius 1 is 1.15 bits per heavy atom. The van der Waals surface area contributed by atoms with Crippen LogP contribution in [-0.4, -0.2) is 29.9 Å². The van der Waals surface area contributed by atoms with Crippen molar-refractivity contribution in [3.05, 3.63) is 83.1 Å². The van der Waals surface area contributed by atoms with Gasteiger partial charge in [-0.1, -0.05) is 41.9 Å². The molecule has 0 atom stereocenters. The van der Waals surface area contributed by atoms with Crippen LogP contribution in [-0.2, 0) is 6.54 Å². The molecule has 3 rings (SSSR count). The van der Waals surface area contributed by atoms with Crippen LogP contribution >= 0.6 is 11.6 Å². The predicted molar refractivity (Wildman–Crippen MR) is 108 cm³/mol. The fraction of sp³-hybridized carbons (Fsp3) is 0.143. The van der Waals surface area contributed by atoms with Crippen molar-refractivity contribution in [1.29, 1.82) is 0 Å². The molecular weight excluding hydrogens is 362 g/mol. The van der Waals surface area contributed by atoms with Crippen molar-refractivity contribution in [2.24, 2.45) is 0 Å². The summed E-state index contributed by atoms with van der Waals surface area (Å²) in [7, 11) is 3.36. The summed E-state index contributed by atoms with van der Waals surface area (Å²) in [6, 6.07) is 18.7. The summed E-state index contributed by atoms with van der Waals surface area (Å²) in [6.45, 7) is 0.529. The van der Waals surface area contributed by atoms with Gasteiger partial charge in [0.25, 0.3) is 5.91 Å². The van der Waals surface area contributed by atoms with Crippen LogP contribution in [0.25, 0.3) is 0 Å². The summed E-state index contributed by atoms with van der Waals surface area (Å²) < 4.78 is 5.32. The smallest absolute Gasteiger partial charge is 0.272 e. The number of amides is 1. The summed E-state index contributed by atoms with van der Waals surface area (Å²) in [5, 5.41) is 3.80. The van der Waals surface area contributed by atoms with Gasteiger partial charge in [0.2, 0.25) is 0 Å². The van der Waals surface area contributed by atoms with Gasteiger partial charge in [-0.05, 0) is 35.9 Å². The lowest BCUT2D eigenvalue weighted by Gasteiger charge is -2.17. The molecule has 0 bridgehead atoms. The van der Waals surface area contributed by atoms with Gasteiger partial charge in [0.1, 0.15) is 11.4 Å². The van der Waals surface area contributed by atoms with E-state index in [1.54, 1.807) is 55.6 Å². The van der Waals surface area contributed by atoms with E-state index in [4.69, 9.17) is 16.3 Å². The molecule has 0 aliphatic heterocycles. The van der Waals surface area contributed by atoms with Crippen LogP contribution < -0.4 is 10.1 Å². The van der Waals surface area contributed by atoms with Crippen molar-refractivity contribution in [2.75, 3.05) is 19.5 Å². The van der Waals surface area contributed by atoms with Crippen molar-refractivity contribution >= 4 is 28.9 Å². The van der Waals surface area contributed by atoms with Gasteiger partial charge in [-0.15, -0.1) is 0 Å². The third-order valence-electron chi connectivity index (χ3n) is 4.03. The first-order chi connectivity index (χ1) is 13.1. The molecule has 138 valence electrons. The number of hydrogen-bond acceptors (Lipinski definition) is 4. The number of carbonyl (C=O) groups excluding carboxylic acids is 1. The van der Waals surface area contributed by atoms with E-state index in [1.807, 2.05) is 30.3 Å². The fourth-order valence-electron chi connectivity index (χ4n) is 2.65. The number of rotatable bonds is 6. The molecule has 1 aromatic heterocycles. The maximum absolute atomic E-state index is 12.6. The Bertz CT molecular complexity index is 914. The standard InChI is InChI=1S/C21H20ClN3O2/c1-25(14-15-6-4-3-5-7-15)21(26)18-10-9-17(13-23-18)24-19-12-16(22)8-11-20(19)27-2/h3-13,24H,14H2,1-2H3. The number of carbonyl (C=O) groups is 1. The minimum Gasteiger partial charge on any atom is -0.495 e. The summed E-state index contributed by atoms with van der Waals surface area (Å²) in [6.07, 6.45) is 1.62. The highest BCUT2D eigenvalue weighted by molar-refractivity contribution is 6.31. The maximum atomic E-state index is 12.6. The highest BCUT2D eigenvalue weighted by Gasteiger charge is 2.13. The number of benzene rings is 2. The molecule has 0 radical (unpaired) electrons. The van der Waals surface area contributed by atoms with Crippen molar-refractivity contribution in [2.45, 2.75) is 6.54 Å². The fourth-order valence-corrected chi connectivity index (χ4v) is 2.82. The molecule has 1 amide bonds. The zero-order valence-electron chi connectivity index (χ0n) is 15.1. The van der Waals surface area contributed by atoms with E-state index in [9.17, 15) is 4.79 Å². The van der Waals surface area contributed by atoms with E-state index in [0.29, 0.717) is 23.0 Å². The molecule has 27 heavy (non-hydrogen) atoms. The lowest BCUT2D eigenvalue weighted by Crippen LogP contribution is -2.26. The van der Waals surface area contributed by atoms with Gasteiger partial charge in [-0.2, -0.15) is 0 Å². The molecule has 0 saturated carbocycles. The summed E-state index contributed by atoms with van der Waals surface area (Å²) in [4.78, 5) is 18.5. The van der Waals surface area contributed by atoms with Crippen LogP contribution in [0.5, 0.6) is 5.75 Å². The number of anilines is 2. The first-order valence-electron chi connectivity index (χ1n) is 8.43. The normalized spacial score (nSPS) is 10.3. The van der Waals surface area contributed by atoms with E-state index in [2.05, 4.69) is 10.3 Å². The van der Waals surface area contributed by atoms with E-state index < -0.39 is 0 Å². The van der Waals surface area contributed by atoms with Crippen molar-refractivity contribution in [3.8, 4) is 5.75 Å². The lowest BCUT2D eigenvalue weighted by molar-refractivity contribution is 0.0779. The second kappa shape index (κ2) is 8.56. The van der Waals surface area contributed by atoms with E-state index >= 15 is 0 Å². The van der Waals surface area contributed by atoms with Crippen molar-refractivity contribution in [1.82, 2.24) is 9.88 Å². The van der Waals surface area contributed by atoms with Crippen LogP contribution in [0.1, 0.15) is 16.1 Å². The average Bonchev–Trinajstić information content (AvgIpc) is 2.69. The molecule has 0 spiro atoms. The largest absolute Gasteiger partial charge is 0.495 e. The molecule has 1 heterocycles.